The fourth-order valence-corrected chi connectivity index (χ4v) is 6.93. The minimum Gasteiger partial charge on any atom is -0.497 e. The summed E-state index contributed by atoms with van der Waals surface area (Å²) in [7, 11) is 1.58. The van der Waals surface area contributed by atoms with Crippen molar-refractivity contribution in [3.8, 4) is 22.8 Å². The Hall–Kier alpha value is -5.13. The predicted molar refractivity (Wildman–Crippen MR) is 190 cm³/mol. The van der Waals surface area contributed by atoms with Gasteiger partial charge in [-0.3, -0.25) is 9.59 Å². The smallest absolute Gasteiger partial charge is 0.408 e. The molecule has 0 spiro atoms. The lowest BCUT2D eigenvalue weighted by Crippen LogP contribution is -2.56. The normalized spacial score (nSPS) is 26.1. The van der Waals surface area contributed by atoms with Crippen molar-refractivity contribution in [2.24, 2.45) is 5.92 Å². The van der Waals surface area contributed by atoms with Gasteiger partial charge in [0.05, 0.1) is 24.9 Å². The molecule has 6 rings (SSSR count). The highest BCUT2D eigenvalue weighted by atomic mass is 16.6. The summed E-state index contributed by atoms with van der Waals surface area (Å²) in [6, 6.07) is 15.0. The van der Waals surface area contributed by atoms with E-state index in [4.69, 9.17) is 19.2 Å². The third-order valence-electron chi connectivity index (χ3n) is 9.65. The molecule has 2 fully saturated rings. The Morgan fingerprint density at radius 3 is 2.57 bits per heavy atom. The minimum atomic E-state index is -1.44. The van der Waals surface area contributed by atoms with E-state index in [1.807, 2.05) is 66.7 Å². The molecule has 3 aromatic rings. The second kappa shape index (κ2) is 14.6. The minimum absolute atomic E-state index is 0.0352. The van der Waals surface area contributed by atoms with Gasteiger partial charge in [-0.15, -0.1) is 0 Å². The fourth-order valence-electron chi connectivity index (χ4n) is 6.93. The van der Waals surface area contributed by atoms with Gasteiger partial charge in [0.15, 0.2) is 0 Å². The molecule has 51 heavy (non-hydrogen) atoms. The van der Waals surface area contributed by atoms with E-state index in [2.05, 4.69) is 10.6 Å². The number of benzene rings is 2. The van der Waals surface area contributed by atoms with E-state index in [1.165, 1.54) is 4.90 Å². The molecule has 3 heterocycles. The molecule has 1 saturated carbocycles. The number of fused-ring (bicyclic) bond motifs is 3. The molecule has 12 heteroatoms. The molecule has 3 amide bonds. The van der Waals surface area contributed by atoms with Gasteiger partial charge in [-0.1, -0.05) is 55.3 Å². The van der Waals surface area contributed by atoms with Crippen LogP contribution in [0.1, 0.15) is 65.7 Å². The lowest BCUT2D eigenvalue weighted by molar-refractivity contribution is -0.145. The first-order valence-electron chi connectivity index (χ1n) is 17.6. The maximum atomic E-state index is 14.4. The number of nitrogens with zero attached hydrogens (tertiary/aromatic N) is 2. The molecule has 12 nitrogen and oxygen atoms in total. The van der Waals surface area contributed by atoms with Gasteiger partial charge in [0.25, 0.3) is 0 Å². The van der Waals surface area contributed by atoms with Gasteiger partial charge in [-0.05, 0) is 58.6 Å². The number of allylic oxidation sites excluding steroid dienone is 1. The van der Waals surface area contributed by atoms with Crippen LogP contribution in [-0.4, -0.2) is 81.8 Å². The SMILES string of the molecule is COc1ccc2c(O[C@@H]3C[C@H]4C(=O)N[C@]5(C(=O)O)C[C@H]5/C=C\CCCCC[C@H](NC(=O)OC(C)(C)C)C(=O)N4C3)cc(-c3ccccc3)nc2c1. The number of methoxy groups -OCH3 is 1. The van der Waals surface area contributed by atoms with E-state index in [1.54, 1.807) is 27.9 Å². The highest BCUT2D eigenvalue weighted by molar-refractivity contribution is 5.96. The number of nitrogens with one attached hydrogen (secondary N) is 2. The summed E-state index contributed by atoms with van der Waals surface area (Å²) in [6.45, 7) is 5.26. The molecule has 0 unspecified atom stereocenters. The van der Waals surface area contributed by atoms with Crippen LogP contribution >= 0.6 is 0 Å². The van der Waals surface area contributed by atoms with Gasteiger partial charge in [-0.2, -0.15) is 0 Å². The van der Waals surface area contributed by atoms with Crippen molar-refractivity contribution in [3.05, 3.63) is 66.7 Å². The number of ether oxygens (including phenoxy) is 3. The summed E-state index contributed by atoms with van der Waals surface area (Å²) < 4.78 is 17.6. The first-order valence-corrected chi connectivity index (χ1v) is 17.6. The van der Waals surface area contributed by atoms with Crippen molar-refractivity contribution in [2.75, 3.05) is 13.7 Å². The van der Waals surface area contributed by atoms with Gasteiger partial charge in [-0.25, -0.2) is 14.6 Å². The third-order valence-corrected chi connectivity index (χ3v) is 9.65. The molecule has 0 bridgehead atoms. The lowest BCUT2D eigenvalue weighted by Gasteiger charge is -2.30. The van der Waals surface area contributed by atoms with Crippen molar-refractivity contribution in [1.29, 1.82) is 0 Å². The first kappa shape index (κ1) is 35.7. The lowest BCUT2D eigenvalue weighted by atomic mass is 10.0. The maximum absolute atomic E-state index is 14.4. The van der Waals surface area contributed by atoms with Crippen LogP contribution in [0.2, 0.25) is 0 Å². The zero-order valence-electron chi connectivity index (χ0n) is 29.5. The molecule has 2 aliphatic heterocycles. The van der Waals surface area contributed by atoms with Crippen molar-refractivity contribution in [3.63, 3.8) is 0 Å². The Balaban J connectivity index is 1.34. The van der Waals surface area contributed by atoms with E-state index < -0.39 is 53.2 Å². The van der Waals surface area contributed by atoms with Crippen molar-refractivity contribution < 1.29 is 38.5 Å². The van der Waals surface area contributed by atoms with Crippen LogP contribution < -0.4 is 20.1 Å². The van der Waals surface area contributed by atoms with E-state index in [0.717, 1.165) is 30.2 Å². The molecule has 1 saturated heterocycles. The number of carboxylic acids is 1. The standard InChI is InChI=1S/C39H46N4O8/c1-38(2,3)51-37(48)41-29-16-12-7-5-6-11-15-25-22-39(25,36(46)47)42-34(44)32-20-27(23-43(32)35(29)45)50-33-21-30(24-13-9-8-10-14-24)40-31-19-26(49-4)17-18-28(31)33/h8-11,13-15,17-19,21,25,27,29,32H,5-7,12,16,20,22-23H2,1-4H3,(H,41,48)(H,42,44)(H,46,47)/b15-11-/t25-,27-,29+,32+,39-/m1/s1. The van der Waals surface area contributed by atoms with Crippen LogP contribution in [-0.2, 0) is 19.1 Å². The number of aliphatic carboxylic acids is 1. The third kappa shape index (κ3) is 8.10. The number of carboxylic acid groups (broad SMARTS) is 1. The number of hydrogen-bond acceptors (Lipinski definition) is 8. The molecule has 3 aliphatic rings. The number of amides is 3. The van der Waals surface area contributed by atoms with E-state index in [0.29, 0.717) is 35.6 Å². The average Bonchev–Trinajstić information content (AvgIpc) is 3.63. The second-order valence-electron chi connectivity index (χ2n) is 14.6. The quantitative estimate of drug-likeness (QED) is 0.278. The maximum Gasteiger partial charge on any atom is 0.408 e. The van der Waals surface area contributed by atoms with Gasteiger partial charge in [0, 0.05) is 35.4 Å². The molecule has 2 aromatic carbocycles. The van der Waals surface area contributed by atoms with Gasteiger partial charge in [0.2, 0.25) is 11.8 Å². The number of aromatic nitrogens is 1. The van der Waals surface area contributed by atoms with Crippen LogP contribution in [0.15, 0.2) is 66.7 Å². The number of rotatable bonds is 6. The summed E-state index contributed by atoms with van der Waals surface area (Å²) in [5.74, 6) is -1.35. The number of carbonyl (C=O) groups is 4. The Morgan fingerprint density at radius 1 is 1.06 bits per heavy atom. The number of pyridine rings is 1. The summed E-state index contributed by atoms with van der Waals surface area (Å²) in [5, 5.41) is 16.5. The van der Waals surface area contributed by atoms with Crippen LogP contribution in [0.5, 0.6) is 11.5 Å². The fraction of sp³-hybridized carbons (Fsp3) is 0.462. The Morgan fingerprint density at radius 2 is 1.84 bits per heavy atom. The van der Waals surface area contributed by atoms with Crippen LogP contribution in [0, 0.1) is 5.92 Å². The van der Waals surface area contributed by atoms with E-state index in [-0.39, 0.29) is 25.3 Å². The Labute approximate surface area is 297 Å². The summed E-state index contributed by atoms with van der Waals surface area (Å²) >= 11 is 0. The van der Waals surface area contributed by atoms with E-state index in [9.17, 15) is 24.3 Å². The monoisotopic (exact) mass is 698 g/mol. The zero-order valence-corrected chi connectivity index (χ0v) is 29.5. The Kier molecular flexibility index (Phi) is 10.2. The predicted octanol–water partition coefficient (Wildman–Crippen LogP) is 5.63. The largest absolute Gasteiger partial charge is 0.497 e. The topological polar surface area (TPSA) is 156 Å². The molecule has 3 N–H and O–H groups in total. The van der Waals surface area contributed by atoms with Crippen molar-refractivity contribution in [2.45, 2.75) is 95.0 Å². The molecule has 5 atom stereocenters. The highest BCUT2D eigenvalue weighted by Gasteiger charge is 2.61. The van der Waals surface area contributed by atoms with E-state index >= 15 is 0 Å². The van der Waals surface area contributed by atoms with Crippen molar-refractivity contribution >= 4 is 34.8 Å². The van der Waals surface area contributed by atoms with Gasteiger partial charge < -0.3 is 34.9 Å². The highest BCUT2D eigenvalue weighted by Crippen LogP contribution is 2.45. The molecule has 270 valence electrons. The average molecular weight is 699 g/mol. The van der Waals surface area contributed by atoms with Gasteiger partial charge in [0.1, 0.15) is 40.8 Å². The molecule has 1 aromatic heterocycles. The molecular weight excluding hydrogens is 652 g/mol. The summed E-state index contributed by atoms with van der Waals surface area (Å²) in [6.07, 6.45) is 6.22. The number of alkyl carbamates (subject to hydrolysis) is 1. The molecule has 1 aliphatic carbocycles. The second-order valence-corrected chi connectivity index (χ2v) is 14.6. The first-order chi connectivity index (χ1) is 24.4. The van der Waals surface area contributed by atoms with Gasteiger partial charge >= 0.3 is 12.1 Å². The number of hydrogen-bond donors (Lipinski definition) is 3. The van der Waals surface area contributed by atoms with Crippen LogP contribution in [0.4, 0.5) is 4.79 Å². The summed E-state index contributed by atoms with van der Waals surface area (Å²) in [5.41, 5.74) is -0.0312. The van der Waals surface area contributed by atoms with Crippen LogP contribution in [0.3, 0.4) is 0 Å². The number of carbonyl (C=O) groups excluding carboxylic acids is 3. The Bertz CT molecular complexity index is 1820. The zero-order chi connectivity index (χ0) is 36.3. The molecular formula is C39H46N4O8. The summed E-state index contributed by atoms with van der Waals surface area (Å²) in [4.78, 5) is 60.2. The van der Waals surface area contributed by atoms with Crippen molar-refractivity contribution in [1.82, 2.24) is 20.5 Å². The van der Waals surface area contributed by atoms with Crippen LogP contribution in [0.25, 0.3) is 22.2 Å². The molecule has 0 radical (unpaired) electrons.